The Morgan fingerprint density at radius 3 is 2.67 bits per heavy atom. The van der Waals surface area contributed by atoms with E-state index in [1.807, 2.05) is 24.3 Å². The minimum atomic E-state index is -0.952. The summed E-state index contributed by atoms with van der Waals surface area (Å²) in [4.78, 5) is 33.2. The minimum absolute atomic E-state index is 0.295. The van der Waals surface area contributed by atoms with Crippen molar-refractivity contribution in [3.8, 4) is 0 Å². The summed E-state index contributed by atoms with van der Waals surface area (Å²) in [6.07, 6.45) is 0. The van der Waals surface area contributed by atoms with Gasteiger partial charge in [-0.3, -0.25) is 14.9 Å². The van der Waals surface area contributed by atoms with Gasteiger partial charge in [0.05, 0.1) is 12.1 Å². The molecular weight excluding hydrogens is 384 g/mol. The zero-order valence-corrected chi connectivity index (χ0v) is 14.1. The molecule has 1 atom stereocenters. The van der Waals surface area contributed by atoms with Crippen molar-refractivity contribution in [3.05, 3.63) is 62.3 Å². The van der Waals surface area contributed by atoms with Crippen LogP contribution in [0.25, 0.3) is 0 Å². The van der Waals surface area contributed by atoms with E-state index in [4.69, 9.17) is 9.15 Å². The minimum Gasteiger partial charge on any atom is -0.450 e. The molecule has 2 rings (SSSR count). The van der Waals surface area contributed by atoms with Gasteiger partial charge in [0.1, 0.15) is 4.92 Å². The third kappa shape index (κ3) is 4.42. The molecule has 0 spiro atoms. The first-order valence-electron chi connectivity index (χ1n) is 6.83. The molecule has 0 fully saturated rings. The third-order valence-corrected chi connectivity index (χ3v) is 3.78. The Morgan fingerprint density at radius 1 is 1.33 bits per heavy atom. The summed E-state index contributed by atoms with van der Waals surface area (Å²) < 4.78 is 10.3. The van der Waals surface area contributed by atoms with Crippen molar-refractivity contribution in [1.29, 1.82) is 0 Å². The summed E-state index contributed by atoms with van der Waals surface area (Å²) in [7, 11) is 0. The first kappa shape index (κ1) is 17.7. The molecular formula is C15H13BrN2O6. The summed E-state index contributed by atoms with van der Waals surface area (Å²) in [6, 6.07) is 9.24. The molecule has 0 unspecified atom stereocenters. The number of carbonyl (C=O) groups is 2. The van der Waals surface area contributed by atoms with Crippen molar-refractivity contribution < 1.29 is 23.7 Å². The van der Waals surface area contributed by atoms with Gasteiger partial charge in [0.15, 0.2) is 6.61 Å². The van der Waals surface area contributed by atoms with Crippen LogP contribution in [0.4, 0.5) is 5.88 Å². The summed E-state index contributed by atoms with van der Waals surface area (Å²) in [5.41, 5.74) is 0.874. The van der Waals surface area contributed by atoms with E-state index in [9.17, 15) is 19.7 Å². The first-order valence-corrected chi connectivity index (χ1v) is 7.63. The summed E-state index contributed by atoms with van der Waals surface area (Å²) in [5.74, 6) is -2.37. The van der Waals surface area contributed by atoms with Crippen LogP contribution in [-0.4, -0.2) is 23.4 Å². The van der Waals surface area contributed by atoms with Crippen LogP contribution < -0.4 is 5.32 Å². The largest absolute Gasteiger partial charge is 0.450 e. The molecule has 1 amide bonds. The van der Waals surface area contributed by atoms with Gasteiger partial charge in [-0.1, -0.05) is 34.1 Å². The van der Waals surface area contributed by atoms with Gasteiger partial charge >= 0.3 is 11.9 Å². The maximum atomic E-state index is 11.8. The summed E-state index contributed by atoms with van der Waals surface area (Å²) >= 11 is 3.39. The quantitative estimate of drug-likeness (QED) is 0.456. The number of rotatable bonds is 6. The van der Waals surface area contributed by atoms with Crippen molar-refractivity contribution in [2.24, 2.45) is 0 Å². The maximum absolute atomic E-state index is 11.8. The van der Waals surface area contributed by atoms with Crippen LogP contribution in [0, 0.1) is 10.1 Å². The standard InChI is InChI=1S/C15H13BrN2O6/c1-9(10-4-2-3-5-11(10)16)17-13(19)8-23-15(20)12-6-7-14(24-12)18(21)22/h2-7,9H,8H2,1H3,(H,17,19)/t9-/m0/s1. The number of benzene rings is 1. The lowest BCUT2D eigenvalue weighted by molar-refractivity contribution is -0.402. The van der Waals surface area contributed by atoms with Crippen LogP contribution in [-0.2, 0) is 9.53 Å². The van der Waals surface area contributed by atoms with Crippen LogP contribution in [0.3, 0.4) is 0 Å². The molecule has 0 bridgehead atoms. The molecule has 1 heterocycles. The predicted octanol–water partition coefficient (Wildman–Crippen LogP) is 2.98. The second-order valence-electron chi connectivity index (χ2n) is 4.78. The number of amides is 1. The molecule has 9 heteroatoms. The fourth-order valence-electron chi connectivity index (χ4n) is 1.92. The van der Waals surface area contributed by atoms with Crippen LogP contribution in [0.1, 0.15) is 29.1 Å². The SMILES string of the molecule is C[C@H](NC(=O)COC(=O)c1ccc([N+](=O)[O-])o1)c1ccccc1Br. The Hall–Kier alpha value is -2.68. The lowest BCUT2D eigenvalue weighted by Gasteiger charge is -2.15. The lowest BCUT2D eigenvalue weighted by atomic mass is 10.1. The fraction of sp³-hybridized carbons (Fsp3) is 0.200. The number of halogens is 1. The molecule has 8 nitrogen and oxygen atoms in total. The van der Waals surface area contributed by atoms with Gasteiger partial charge in [0.2, 0.25) is 5.76 Å². The highest BCUT2D eigenvalue weighted by Gasteiger charge is 2.20. The maximum Gasteiger partial charge on any atom is 0.433 e. The number of esters is 1. The van der Waals surface area contributed by atoms with E-state index < -0.39 is 29.3 Å². The average Bonchev–Trinajstić information content (AvgIpc) is 3.03. The van der Waals surface area contributed by atoms with E-state index in [0.717, 1.165) is 22.2 Å². The molecule has 0 aliphatic heterocycles. The number of hydrogen-bond acceptors (Lipinski definition) is 6. The number of hydrogen-bond donors (Lipinski definition) is 1. The van der Waals surface area contributed by atoms with Crippen LogP contribution in [0.15, 0.2) is 45.3 Å². The Balaban J connectivity index is 1.87. The van der Waals surface area contributed by atoms with Gasteiger partial charge in [0, 0.05) is 4.47 Å². The lowest BCUT2D eigenvalue weighted by Crippen LogP contribution is -2.31. The number of nitro groups is 1. The summed E-state index contributed by atoms with van der Waals surface area (Å²) in [6.45, 7) is 1.26. The number of carbonyl (C=O) groups excluding carboxylic acids is 2. The molecule has 126 valence electrons. The second kappa shape index (κ2) is 7.73. The zero-order valence-electron chi connectivity index (χ0n) is 12.5. The van der Waals surface area contributed by atoms with E-state index >= 15 is 0 Å². The molecule has 0 saturated carbocycles. The number of ether oxygens (including phenoxy) is 1. The van der Waals surface area contributed by atoms with E-state index in [0.29, 0.717) is 0 Å². The molecule has 24 heavy (non-hydrogen) atoms. The van der Waals surface area contributed by atoms with Crippen molar-refractivity contribution >= 4 is 33.7 Å². The molecule has 0 aliphatic rings. The molecule has 1 N–H and O–H groups in total. The normalized spacial score (nSPS) is 11.6. The average molecular weight is 397 g/mol. The molecule has 1 aromatic heterocycles. The van der Waals surface area contributed by atoms with E-state index in [1.165, 1.54) is 0 Å². The van der Waals surface area contributed by atoms with E-state index in [1.54, 1.807) is 6.92 Å². The second-order valence-corrected chi connectivity index (χ2v) is 5.64. The Morgan fingerprint density at radius 2 is 2.04 bits per heavy atom. The van der Waals surface area contributed by atoms with Crippen molar-refractivity contribution in [1.82, 2.24) is 5.32 Å². The smallest absolute Gasteiger partial charge is 0.433 e. The third-order valence-electron chi connectivity index (χ3n) is 3.06. The van der Waals surface area contributed by atoms with Gasteiger partial charge in [-0.2, -0.15) is 0 Å². The van der Waals surface area contributed by atoms with Crippen LogP contribution >= 0.6 is 15.9 Å². The predicted molar refractivity (Wildman–Crippen MR) is 86.3 cm³/mol. The first-order chi connectivity index (χ1) is 11.4. The molecule has 0 saturated heterocycles. The van der Waals surface area contributed by atoms with Gasteiger partial charge in [-0.05, 0) is 24.6 Å². The molecule has 0 radical (unpaired) electrons. The van der Waals surface area contributed by atoms with Crippen LogP contribution in [0.5, 0.6) is 0 Å². The number of nitrogens with one attached hydrogen (secondary N) is 1. The monoisotopic (exact) mass is 396 g/mol. The molecule has 1 aromatic carbocycles. The highest BCUT2D eigenvalue weighted by Crippen LogP contribution is 2.22. The van der Waals surface area contributed by atoms with Gasteiger partial charge in [-0.25, -0.2) is 4.79 Å². The number of nitrogens with zero attached hydrogens (tertiary/aromatic N) is 1. The van der Waals surface area contributed by atoms with Crippen molar-refractivity contribution in [2.45, 2.75) is 13.0 Å². The topological polar surface area (TPSA) is 112 Å². The van der Waals surface area contributed by atoms with Gasteiger partial charge < -0.3 is 14.5 Å². The van der Waals surface area contributed by atoms with Gasteiger partial charge in [0.25, 0.3) is 5.91 Å². The fourth-order valence-corrected chi connectivity index (χ4v) is 2.55. The zero-order chi connectivity index (χ0) is 17.7. The Kier molecular flexibility index (Phi) is 5.69. The van der Waals surface area contributed by atoms with E-state index in [2.05, 4.69) is 21.2 Å². The molecule has 0 aliphatic carbocycles. The van der Waals surface area contributed by atoms with Gasteiger partial charge in [-0.15, -0.1) is 0 Å². The Labute approximate surface area is 145 Å². The molecule has 2 aromatic rings. The summed E-state index contributed by atoms with van der Waals surface area (Å²) in [5, 5.41) is 13.2. The van der Waals surface area contributed by atoms with E-state index in [-0.39, 0.29) is 11.8 Å². The Bertz CT molecular complexity index is 773. The highest BCUT2D eigenvalue weighted by molar-refractivity contribution is 9.10. The van der Waals surface area contributed by atoms with Crippen molar-refractivity contribution in [2.75, 3.05) is 6.61 Å². The van der Waals surface area contributed by atoms with Crippen molar-refractivity contribution in [3.63, 3.8) is 0 Å². The highest BCUT2D eigenvalue weighted by atomic mass is 79.9. The number of furan rings is 1. The van der Waals surface area contributed by atoms with Crippen LogP contribution in [0.2, 0.25) is 0 Å².